The standard InChI is InChI=1S/C21H19Cl2NO3/c1-12-10-16(20(13(2)24-12)21(25)26-3)15-6-4-5-7-19(15)27-14-8-9-17(22)18(23)11-14/h4-11,16,24H,1-3H3. The van der Waals surface area contributed by atoms with Crippen molar-refractivity contribution >= 4 is 29.2 Å². The van der Waals surface area contributed by atoms with Crippen molar-refractivity contribution in [2.24, 2.45) is 0 Å². The third kappa shape index (κ3) is 4.12. The predicted octanol–water partition coefficient (Wildman–Crippen LogP) is 5.82. The zero-order chi connectivity index (χ0) is 19.6. The van der Waals surface area contributed by atoms with Crippen molar-refractivity contribution in [3.63, 3.8) is 0 Å². The molecule has 0 bridgehead atoms. The van der Waals surface area contributed by atoms with E-state index in [4.69, 9.17) is 32.7 Å². The molecule has 0 fully saturated rings. The number of benzene rings is 2. The van der Waals surface area contributed by atoms with Gasteiger partial charge in [-0.25, -0.2) is 4.79 Å². The summed E-state index contributed by atoms with van der Waals surface area (Å²) in [5.41, 5.74) is 3.11. The van der Waals surface area contributed by atoms with Gasteiger partial charge in [0, 0.05) is 28.9 Å². The summed E-state index contributed by atoms with van der Waals surface area (Å²) >= 11 is 12.1. The summed E-state index contributed by atoms with van der Waals surface area (Å²) in [4.78, 5) is 12.4. The maximum Gasteiger partial charge on any atom is 0.336 e. The maximum atomic E-state index is 12.4. The molecule has 27 heavy (non-hydrogen) atoms. The van der Waals surface area contributed by atoms with E-state index < -0.39 is 0 Å². The van der Waals surface area contributed by atoms with Gasteiger partial charge in [-0.1, -0.05) is 47.5 Å². The van der Waals surface area contributed by atoms with Crippen LogP contribution < -0.4 is 10.1 Å². The van der Waals surface area contributed by atoms with E-state index in [0.29, 0.717) is 27.1 Å². The van der Waals surface area contributed by atoms with Crippen LogP contribution in [0.5, 0.6) is 11.5 Å². The molecule has 1 N–H and O–H groups in total. The van der Waals surface area contributed by atoms with Gasteiger partial charge in [0.15, 0.2) is 0 Å². The number of hydrogen-bond acceptors (Lipinski definition) is 4. The Balaban J connectivity index is 2.04. The number of allylic oxidation sites excluding steroid dienone is 3. The van der Waals surface area contributed by atoms with E-state index in [1.54, 1.807) is 18.2 Å². The van der Waals surface area contributed by atoms with E-state index in [-0.39, 0.29) is 11.9 Å². The number of esters is 1. The second kappa shape index (κ2) is 8.07. The third-order valence-electron chi connectivity index (χ3n) is 4.29. The van der Waals surface area contributed by atoms with Crippen molar-refractivity contribution in [2.45, 2.75) is 19.8 Å². The molecule has 6 heteroatoms. The molecule has 0 saturated heterocycles. The van der Waals surface area contributed by atoms with Gasteiger partial charge in [-0.3, -0.25) is 0 Å². The maximum absolute atomic E-state index is 12.4. The second-order valence-corrected chi connectivity index (χ2v) is 7.01. The highest BCUT2D eigenvalue weighted by Gasteiger charge is 2.29. The molecular formula is C21H19Cl2NO3. The quantitative estimate of drug-likeness (QED) is 0.652. The van der Waals surface area contributed by atoms with Gasteiger partial charge in [0.2, 0.25) is 0 Å². The summed E-state index contributed by atoms with van der Waals surface area (Å²) in [7, 11) is 1.38. The van der Waals surface area contributed by atoms with Gasteiger partial charge >= 0.3 is 5.97 Å². The molecule has 1 heterocycles. The number of dihydropyridines is 1. The molecule has 3 rings (SSSR count). The van der Waals surface area contributed by atoms with Crippen LogP contribution in [0.15, 0.2) is 65.5 Å². The topological polar surface area (TPSA) is 47.6 Å². The Hall–Kier alpha value is -2.43. The average Bonchev–Trinajstić information content (AvgIpc) is 2.64. The molecule has 0 aromatic heterocycles. The molecule has 1 atom stereocenters. The van der Waals surface area contributed by atoms with Gasteiger partial charge in [0.05, 0.1) is 22.7 Å². The number of halogens is 2. The number of hydrogen-bond donors (Lipinski definition) is 1. The fourth-order valence-electron chi connectivity index (χ4n) is 3.10. The van der Waals surface area contributed by atoms with Crippen LogP contribution >= 0.6 is 23.2 Å². The largest absolute Gasteiger partial charge is 0.466 e. The first-order valence-electron chi connectivity index (χ1n) is 8.37. The minimum Gasteiger partial charge on any atom is -0.466 e. The van der Waals surface area contributed by atoms with Crippen molar-refractivity contribution in [3.8, 4) is 11.5 Å². The Morgan fingerprint density at radius 1 is 1.07 bits per heavy atom. The summed E-state index contributed by atoms with van der Waals surface area (Å²) in [6.07, 6.45) is 1.98. The first-order chi connectivity index (χ1) is 12.9. The number of methoxy groups -OCH3 is 1. The third-order valence-corrected chi connectivity index (χ3v) is 5.03. The molecule has 2 aromatic rings. The Kier molecular flexibility index (Phi) is 5.78. The molecule has 0 spiro atoms. The number of carbonyl (C=O) groups is 1. The number of para-hydroxylation sites is 1. The smallest absolute Gasteiger partial charge is 0.336 e. The van der Waals surface area contributed by atoms with E-state index in [9.17, 15) is 4.79 Å². The van der Waals surface area contributed by atoms with E-state index in [0.717, 1.165) is 17.0 Å². The molecule has 1 unspecified atom stereocenters. The highest BCUT2D eigenvalue weighted by Crippen LogP contribution is 2.39. The zero-order valence-electron chi connectivity index (χ0n) is 15.2. The molecule has 2 aromatic carbocycles. The predicted molar refractivity (Wildman–Crippen MR) is 107 cm³/mol. The molecule has 0 amide bonds. The first kappa shape index (κ1) is 19.3. The van der Waals surface area contributed by atoms with E-state index in [1.165, 1.54) is 7.11 Å². The Morgan fingerprint density at radius 2 is 1.81 bits per heavy atom. The lowest BCUT2D eigenvalue weighted by Crippen LogP contribution is -2.25. The minimum atomic E-state index is -0.377. The Bertz CT molecular complexity index is 950. The molecular weight excluding hydrogens is 385 g/mol. The van der Waals surface area contributed by atoms with Gasteiger partial charge in [-0.15, -0.1) is 0 Å². The Labute approximate surface area is 168 Å². The van der Waals surface area contributed by atoms with Crippen molar-refractivity contribution < 1.29 is 14.3 Å². The van der Waals surface area contributed by atoms with Gasteiger partial charge in [0.1, 0.15) is 11.5 Å². The van der Waals surface area contributed by atoms with E-state index in [1.807, 2.05) is 44.2 Å². The summed E-state index contributed by atoms with van der Waals surface area (Å²) in [5, 5.41) is 4.07. The van der Waals surface area contributed by atoms with Crippen LogP contribution in [0, 0.1) is 0 Å². The zero-order valence-corrected chi connectivity index (χ0v) is 16.7. The fraction of sp³-hybridized carbons (Fsp3) is 0.190. The first-order valence-corrected chi connectivity index (χ1v) is 9.12. The number of nitrogens with one attached hydrogen (secondary N) is 1. The van der Waals surface area contributed by atoms with E-state index in [2.05, 4.69) is 5.32 Å². The van der Waals surface area contributed by atoms with Crippen LogP contribution in [0.4, 0.5) is 0 Å². The lowest BCUT2D eigenvalue weighted by molar-refractivity contribution is -0.136. The number of carbonyl (C=O) groups excluding carboxylic acids is 1. The summed E-state index contributed by atoms with van der Waals surface area (Å²) < 4.78 is 11.1. The monoisotopic (exact) mass is 403 g/mol. The van der Waals surface area contributed by atoms with Gasteiger partial charge in [0.25, 0.3) is 0 Å². The van der Waals surface area contributed by atoms with Crippen LogP contribution in [-0.2, 0) is 9.53 Å². The second-order valence-electron chi connectivity index (χ2n) is 6.20. The van der Waals surface area contributed by atoms with Crippen LogP contribution in [0.2, 0.25) is 10.0 Å². The van der Waals surface area contributed by atoms with Crippen molar-refractivity contribution in [2.75, 3.05) is 7.11 Å². The van der Waals surface area contributed by atoms with Crippen molar-refractivity contribution in [1.29, 1.82) is 0 Å². The molecule has 1 aliphatic heterocycles. The highest BCUT2D eigenvalue weighted by molar-refractivity contribution is 6.42. The van der Waals surface area contributed by atoms with Crippen molar-refractivity contribution in [1.82, 2.24) is 5.32 Å². The van der Waals surface area contributed by atoms with Crippen LogP contribution in [0.25, 0.3) is 0 Å². The molecule has 0 radical (unpaired) electrons. The van der Waals surface area contributed by atoms with Gasteiger partial charge in [-0.05, 0) is 32.0 Å². The highest BCUT2D eigenvalue weighted by atomic mass is 35.5. The van der Waals surface area contributed by atoms with Crippen LogP contribution in [-0.4, -0.2) is 13.1 Å². The van der Waals surface area contributed by atoms with Gasteiger partial charge in [-0.2, -0.15) is 0 Å². The van der Waals surface area contributed by atoms with Crippen molar-refractivity contribution in [3.05, 3.63) is 81.1 Å². The summed E-state index contributed by atoms with van der Waals surface area (Å²) in [6, 6.07) is 12.7. The normalized spacial score (nSPS) is 16.5. The fourth-order valence-corrected chi connectivity index (χ4v) is 3.39. The molecule has 140 valence electrons. The molecule has 4 nitrogen and oxygen atoms in total. The van der Waals surface area contributed by atoms with Crippen LogP contribution in [0.3, 0.4) is 0 Å². The van der Waals surface area contributed by atoms with Crippen LogP contribution in [0.1, 0.15) is 25.3 Å². The SMILES string of the molecule is COC(=O)C1=C(C)NC(C)=CC1c1ccccc1Oc1ccc(Cl)c(Cl)c1. The summed E-state index contributed by atoms with van der Waals surface area (Å²) in [6.45, 7) is 3.81. The van der Waals surface area contributed by atoms with Gasteiger partial charge < -0.3 is 14.8 Å². The van der Waals surface area contributed by atoms with E-state index >= 15 is 0 Å². The Morgan fingerprint density at radius 3 is 2.52 bits per heavy atom. The number of ether oxygens (including phenoxy) is 2. The average molecular weight is 404 g/mol. The summed E-state index contributed by atoms with van der Waals surface area (Å²) in [5.74, 6) is 0.517. The molecule has 1 aliphatic rings. The molecule has 0 aliphatic carbocycles. The minimum absolute atomic E-state index is 0.294. The number of rotatable bonds is 4. The lowest BCUT2D eigenvalue weighted by Gasteiger charge is -2.26. The lowest BCUT2D eigenvalue weighted by atomic mass is 9.86. The molecule has 0 saturated carbocycles.